The third-order valence-corrected chi connectivity index (χ3v) is 5.33. The van der Waals surface area contributed by atoms with Gasteiger partial charge in [-0.25, -0.2) is 8.96 Å². The minimum absolute atomic E-state index is 0.310. The number of rotatable bonds is 2. The van der Waals surface area contributed by atoms with Gasteiger partial charge in [0.25, 0.3) is 0 Å². The summed E-state index contributed by atoms with van der Waals surface area (Å²) in [6.07, 6.45) is 2.02. The van der Waals surface area contributed by atoms with Crippen LogP contribution in [0.2, 0.25) is 0 Å². The summed E-state index contributed by atoms with van der Waals surface area (Å²) in [5.74, 6) is -0.338. The van der Waals surface area contributed by atoms with Crippen molar-refractivity contribution in [2.45, 2.75) is 6.92 Å². The predicted molar refractivity (Wildman–Crippen MR) is 110 cm³/mol. The maximum Gasteiger partial charge on any atom is 0.212 e. The fourth-order valence-electron chi connectivity index (χ4n) is 3.94. The van der Waals surface area contributed by atoms with Gasteiger partial charge in [-0.1, -0.05) is 36.4 Å². The van der Waals surface area contributed by atoms with E-state index in [2.05, 4.69) is 23.6 Å². The van der Waals surface area contributed by atoms with Crippen molar-refractivity contribution in [3.8, 4) is 22.4 Å². The van der Waals surface area contributed by atoms with Crippen LogP contribution in [0.1, 0.15) is 5.56 Å². The third-order valence-electron chi connectivity index (χ3n) is 5.33. The fraction of sp³-hybridized carbons (Fsp3) is 0.0800. The highest BCUT2D eigenvalue weighted by Gasteiger charge is 2.19. The number of benzene rings is 3. The van der Waals surface area contributed by atoms with Gasteiger partial charge < -0.3 is 4.42 Å². The van der Waals surface area contributed by atoms with Crippen LogP contribution < -0.4 is 4.57 Å². The van der Waals surface area contributed by atoms with E-state index in [0.29, 0.717) is 11.2 Å². The lowest BCUT2D eigenvalue weighted by Crippen LogP contribution is -2.30. The summed E-state index contributed by atoms with van der Waals surface area (Å²) in [6.45, 7) is 2.09. The Kier molecular flexibility index (Phi) is 3.76. The van der Waals surface area contributed by atoms with Gasteiger partial charge in [-0.3, -0.25) is 0 Å². The Morgan fingerprint density at radius 3 is 2.43 bits per heavy atom. The Morgan fingerprint density at radius 2 is 1.64 bits per heavy atom. The number of aryl methyl sites for hydroxylation is 2. The molecular weight excluding hydrogens is 349 g/mol. The van der Waals surface area contributed by atoms with Crippen LogP contribution in [0.15, 0.2) is 83.4 Å². The molecule has 2 nitrogen and oxygen atoms in total. The van der Waals surface area contributed by atoms with Crippen LogP contribution in [0.4, 0.5) is 4.39 Å². The second-order valence-electron chi connectivity index (χ2n) is 7.13. The predicted octanol–water partition coefficient (Wildman–Crippen LogP) is 6.19. The molecule has 0 aliphatic rings. The average Bonchev–Trinajstić information content (AvgIpc) is 3.08. The monoisotopic (exact) mass is 368 g/mol. The Morgan fingerprint density at radius 1 is 0.857 bits per heavy atom. The summed E-state index contributed by atoms with van der Waals surface area (Å²) >= 11 is 0. The minimum atomic E-state index is -0.338. The van der Waals surface area contributed by atoms with Crippen molar-refractivity contribution in [1.82, 2.24) is 0 Å². The largest absolute Gasteiger partial charge is 0.453 e. The molecule has 0 fully saturated rings. The van der Waals surface area contributed by atoms with Crippen molar-refractivity contribution >= 4 is 21.9 Å². The number of nitrogens with zero attached hydrogens (tertiary/aromatic N) is 1. The molecule has 0 radical (unpaired) electrons. The van der Waals surface area contributed by atoms with Crippen molar-refractivity contribution in [2.24, 2.45) is 7.05 Å². The van der Waals surface area contributed by atoms with Crippen LogP contribution in [0.3, 0.4) is 0 Å². The van der Waals surface area contributed by atoms with Crippen molar-refractivity contribution in [2.75, 3.05) is 0 Å². The first kappa shape index (κ1) is 16.7. The van der Waals surface area contributed by atoms with Crippen molar-refractivity contribution in [3.63, 3.8) is 0 Å². The zero-order valence-corrected chi connectivity index (χ0v) is 15.7. The summed E-state index contributed by atoms with van der Waals surface area (Å²) < 4.78 is 22.7. The first-order valence-corrected chi connectivity index (χ1v) is 9.29. The van der Waals surface area contributed by atoms with Crippen LogP contribution >= 0.6 is 0 Å². The van der Waals surface area contributed by atoms with Crippen molar-refractivity contribution in [1.29, 1.82) is 0 Å². The number of halogens is 1. The van der Waals surface area contributed by atoms with Gasteiger partial charge in [0.15, 0.2) is 17.6 Å². The van der Waals surface area contributed by atoms with E-state index in [4.69, 9.17) is 4.42 Å². The van der Waals surface area contributed by atoms with Crippen LogP contribution in [0.5, 0.6) is 0 Å². The van der Waals surface area contributed by atoms with Crippen LogP contribution in [0.25, 0.3) is 44.3 Å². The van der Waals surface area contributed by atoms with E-state index in [1.807, 2.05) is 67.8 Å². The summed E-state index contributed by atoms with van der Waals surface area (Å²) in [5.41, 5.74) is 6.33. The molecule has 5 rings (SSSR count). The topological polar surface area (TPSA) is 17.0 Å². The molecule has 5 aromatic rings. The quantitative estimate of drug-likeness (QED) is 0.339. The molecule has 0 unspecified atom stereocenters. The highest BCUT2D eigenvalue weighted by molar-refractivity contribution is 6.13. The zero-order valence-electron chi connectivity index (χ0n) is 15.7. The molecule has 0 N–H and O–H groups in total. The normalized spacial score (nSPS) is 11.4. The van der Waals surface area contributed by atoms with Gasteiger partial charge >= 0.3 is 0 Å². The summed E-state index contributed by atoms with van der Waals surface area (Å²) in [7, 11) is 2.02. The van der Waals surface area contributed by atoms with E-state index in [1.54, 1.807) is 0 Å². The van der Waals surface area contributed by atoms with Crippen LogP contribution in [-0.4, -0.2) is 0 Å². The van der Waals surface area contributed by atoms with Crippen LogP contribution in [0, 0.1) is 12.7 Å². The molecular formula is C25H19FNO+. The summed E-state index contributed by atoms with van der Waals surface area (Å²) in [5, 5.41) is 1.77. The number of fused-ring (bicyclic) bond motifs is 3. The molecule has 3 heteroatoms. The lowest BCUT2D eigenvalue weighted by Gasteiger charge is -2.06. The third kappa shape index (κ3) is 2.51. The van der Waals surface area contributed by atoms with Crippen molar-refractivity contribution in [3.05, 3.63) is 90.4 Å². The van der Waals surface area contributed by atoms with Gasteiger partial charge in [-0.2, -0.15) is 0 Å². The molecule has 28 heavy (non-hydrogen) atoms. The van der Waals surface area contributed by atoms with E-state index in [0.717, 1.165) is 38.7 Å². The minimum Gasteiger partial charge on any atom is -0.453 e. The Labute approximate surface area is 162 Å². The number of pyridine rings is 1. The number of furan rings is 1. The van der Waals surface area contributed by atoms with E-state index in [1.165, 1.54) is 6.07 Å². The highest BCUT2D eigenvalue weighted by Crippen LogP contribution is 2.40. The molecule has 0 spiro atoms. The molecule has 0 amide bonds. The molecule has 2 aromatic heterocycles. The molecule has 0 aliphatic heterocycles. The van der Waals surface area contributed by atoms with Gasteiger partial charge in [0.1, 0.15) is 12.6 Å². The molecule has 0 saturated heterocycles. The zero-order chi connectivity index (χ0) is 19.3. The van der Waals surface area contributed by atoms with Gasteiger partial charge in [0, 0.05) is 22.9 Å². The summed E-state index contributed by atoms with van der Waals surface area (Å²) in [6, 6.07) is 23.6. The van der Waals surface area contributed by atoms with E-state index in [9.17, 15) is 4.39 Å². The molecule has 0 aliphatic carbocycles. The van der Waals surface area contributed by atoms with Crippen LogP contribution in [-0.2, 0) is 7.05 Å². The second kappa shape index (κ2) is 6.31. The van der Waals surface area contributed by atoms with Gasteiger partial charge in [0.2, 0.25) is 5.69 Å². The van der Waals surface area contributed by atoms with Gasteiger partial charge in [-0.15, -0.1) is 0 Å². The Hall–Kier alpha value is -3.46. The Balaban J connectivity index is 1.85. The van der Waals surface area contributed by atoms with Crippen molar-refractivity contribution < 1.29 is 13.4 Å². The maximum absolute atomic E-state index is 14.6. The van der Waals surface area contributed by atoms with E-state index >= 15 is 0 Å². The fourth-order valence-corrected chi connectivity index (χ4v) is 3.94. The first-order chi connectivity index (χ1) is 13.6. The smallest absolute Gasteiger partial charge is 0.212 e. The number of hydrogen-bond acceptors (Lipinski definition) is 1. The average molecular weight is 368 g/mol. The standard InChI is InChI=1S/C25H19FNO/c1-16-14-20-23(15-19(16)22-10-6-7-13-27(22)2)28-25-21(26)12-11-18(24(20)25)17-8-4-3-5-9-17/h3-15H,1-2H3/q+1. The lowest BCUT2D eigenvalue weighted by atomic mass is 9.96. The lowest BCUT2D eigenvalue weighted by molar-refractivity contribution is -0.660. The van der Waals surface area contributed by atoms with E-state index in [-0.39, 0.29) is 5.82 Å². The molecule has 0 atom stereocenters. The first-order valence-electron chi connectivity index (χ1n) is 9.29. The number of aromatic nitrogens is 1. The highest BCUT2D eigenvalue weighted by atomic mass is 19.1. The van der Waals surface area contributed by atoms with Gasteiger partial charge in [-0.05, 0) is 47.9 Å². The Bertz CT molecular complexity index is 1340. The second-order valence-corrected chi connectivity index (χ2v) is 7.13. The SMILES string of the molecule is Cc1cc2c(cc1-c1cccc[n+]1C)oc1c(F)ccc(-c3ccccc3)c12. The molecule has 3 aromatic carbocycles. The molecule has 0 saturated carbocycles. The molecule has 0 bridgehead atoms. The molecule has 2 heterocycles. The summed E-state index contributed by atoms with van der Waals surface area (Å²) in [4.78, 5) is 0. The maximum atomic E-state index is 14.6. The number of hydrogen-bond donors (Lipinski definition) is 0. The molecule has 136 valence electrons. The van der Waals surface area contributed by atoms with E-state index < -0.39 is 0 Å². The van der Waals surface area contributed by atoms with Gasteiger partial charge in [0.05, 0.1) is 5.56 Å².